The van der Waals surface area contributed by atoms with Gasteiger partial charge in [-0.1, -0.05) is 11.8 Å². The van der Waals surface area contributed by atoms with Crippen LogP contribution < -0.4 is 5.32 Å². The van der Waals surface area contributed by atoms with Gasteiger partial charge < -0.3 is 15.5 Å². The Morgan fingerprint density at radius 2 is 2.44 bits per heavy atom. The Morgan fingerprint density at radius 1 is 1.69 bits per heavy atom. The molecule has 1 heterocycles. The maximum Gasteiger partial charge on any atom is 0.189 e. The fourth-order valence-electron chi connectivity index (χ4n) is 0.980. The Kier molecular flexibility index (Phi) is 5.17. The minimum atomic E-state index is -0.882. The standard InChI is InChI=1S/C9H13N3O3S/c1-16-9-11-2-6(4-13)8(12-9)10-3-7(15)5-14/h2,4,7,14-15H,3,5H2,1H3,(H,10,11,12)/t7-/m0/s1. The van der Waals surface area contributed by atoms with E-state index in [-0.39, 0.29) is 13.2 Å². The van der Waals surface area contributed by atoms with E-state index in [1.807, 2.05) is 6.26 Å². The molecule has 1 aromatic rings. The van der Waals surface area contributed by atoms with Gasteiger partial charge in [0.25, 0.3) is 0 Å². The summed E-state index contributed by atoms with van der Waals surface area (Å²) >= 11 is 1.35. The lowest BCUT2D eigenvalue weighted by Gasteiger charge is -2.11. The highest BCUT2D eigenvalue weighted by molar-refractivity contribution is 7.98. The minimum absolute atomic E-state index is 0.127. The van der Waals surface area contributed by atoms with Gasteiger partial charge in [0.2, 0.25) is 0 Å². The molecule has 0 aliphatic heterocycles. The monoisotopic (exact) mass is 243 g/mol. The summed E-state index contributed by atoms with van der Waals surface area (Å²) in [7, 11) is 0. The average molecular weight is 243 g/mol. The smallest absolute Gasteiger partial charge is 0.189 e. The predicted octanol–water partition coefficient (Wildman–Crippen LogP) is -0.224. The number of hydrogen-bond donors (Lipinski definition) is 3. The van der Waals surface area contributed by atoms with E-state index < -0.39 is 6.10 Å². The van der Waals surface area contributed by atoms with E-state index in [0.717, 1.165) is 0 Å². The molecule has 16 heavy (non-hydrogen) atoms. The summed E-state index contributed by atoms with van der Waals surface area (Å²) < 4.78 is 0. The van der Waals surface area contributed by atoms with Crippen molar-refractivity contribution < 1.29 is 15.0 Å². The molecule has 88 valence electrons. The second-order valence-corrected chi connectivity index (χ2v) is 3.77. The van der Waals surface area contributed by atoms with E-state index in [2.05, 4.69) is 15.3 Å². The number of aldehydes is 1. The number of carbonyl (C=O) groups is 1. The van der Waals surface area contributed by atoms with Crippen molar-refractivity contribution in [2.45, 2.75) is 11.3 Å². The fourth-order valence-corrected chi connectivity index (χ4v) is 1.32. The van der Waals surface area contributed by atoms with Crippen LogP contribution in [0.3, 0.4) is 0 Å². The van der Waals surface area contributed by atoms with E-state index in [9.17, 15) is 4.79 Å². The Morgan fingerprint density at radius 3 is 3.00 bits per heavy atom. The van der Waals surface area contributed by atoms with Crippen molar-refractivity contribution in [2.75, 3.05) is 24.7 Å². The first-order valence-corrected chi connectivity index (χ1v) is 5.82. The molecular weight excluding hydrogens is 230 g/mol. The maximum absolute atomic E-state index is 10.7. The van der Waals surface area contributed by atoms with Crippen molar-refractivity contribution >= 4 is 23.9 Å². The van der Waals surface area contributed by atoms with Gasteiger partial charge in [-0.2, -0.15) is 0 Å². The molecular formula is C9H13N3O3S. The molecule has 1 aromatic heterocycles. The molecule has 0 saturated heterocycles. The summed E-state index contributed by atoms with van der Waals surface area (Å²) in [5.41, 5.74) is 0.322. The summed E-state index contributed by atoms with van der Waals surface area (Å²) in [6.07, 6.45) is 2.99. The van der Waals surface area contributed by atoms with Gasteiger partial charge in [-0.3, -0.25) is 4.79 Å². The zero-order chi connectivity index (χ0) is 12.0. The van der Waals surface area contributed by atoms with Gasteiger partial charge in [0.1, 0.15) is 5.82 Å². The van der Waals surface area contributed by atoms with Crippen LogP contribution in [0.5, 0.6) is 0 Å². The van der Waals surface area contributed by atoms with Crippen molar-refractivity contribution in [1.82, 2.24) is 9.97 Å². The summed E-state index contributed by atoms with van der Waals surface area (Å²) in [6.45, 7) is -0.216. The average Bonchev–Trinajstić information content (AvgIpc) is 2.35. The molecule has 0 amide bonds. The van der Waals surface area contributed by atoms with Gasteiger partial charge in [0.15, 0.2) is 11.4 Å². The number of rotatable bonds is 6. The SMILES string of the molecule is CSc1ncc(C=O)c(NC[C@H](O)CO)n1. The zero-order valence-corrected chi connectivity index (χ0v) is 9.57. The molecule has 0 bridgehead atoms. The Labute approximate surface area is 97.1 Å². The van der Waals surface area contributed by atoms with Crippen LogP contribution >= 0.6 is 11.8 Å². The number of nitrogens with zero attached hydrogens (tertiary/aromatic N) is 2. The number of carbonyl (C=O) groups excluding carboxylic acids is 1. The summed E-state index contributed by atoms with van der Waals surface area (Å²) in [4.78, 5) is 18.7. The summed E-state index contributed by atoms with van der Waals surface area (Å²) in [5.74, 6) is 0.363. The normalized spacial score (nSPS) is 12.2. The van der Waals surface area contributed by atoms with Gasteiger partial charge in [0.05, 0.1) is 18.3 Å². The van der Waals surface area contributed by atoms with Crippen molar-refractivity contribution in [3.8, 4) is 0 Å². The largest absolute Gasteiger partial charge is 0.394 e. The molecule has 0 fully saturated rings. The maximum atomic E-state index is 10.7. The number of hydrogen-bond acceptors (Lipinski definition) is 7. The highest BCUT2D eigenvalue weighted by Crippen LogP contribution is 2.14. The van der Waals surface area contributed by atoms with E-state index in [0.29, 0.717) is 22.8 Å². The van der Waals surface area contributed by atoms with Gasteiger partial charge in [0, 0.05) is 12.7 Å². The summed E-state index contributed by atoms with van der Waals surface area (Å²) in [5, 5.41) is 21.1. The van der Waals surface area contributed by atoms with Crippen molar-refractivity contribution in [3.63, 3.8) is 0 Å². The molecule has 0 aromatic carbocycles. The highest BCUT2D eigenvalue weighted by Gasteiger charge is 2.08. The molecule has 6 nitrogen and oxygen atoms in total. The number of aliphatic hydroxyl groups excluding tert-OH is 2. The van der Waals surface area contributed by atoms with Crippen LogP contribution in [0, 0.1) is 0 Å². The van der Waals surface area contributed by atoms with E-state index in [4.69, 9.17) is 10.2 Å². The first kappa shape index (κ1) is 12.9. The quantitative estimate of drug-likeness (QED) is 0.361. The molecule has 3 N–H and O–H groups in total. The van der Waals surface area contributed by atoms with Crippen LogP contribution in [0.15, 0.2) is 11.4 Å². The van der Waals surface area contributed by atoms with Gasteiger partial charge in [-0.25, -0.2) is 9.97 Å². The molecule has 0 unspecified atom stereocenters. The lowest BCUT2D eigenvalue weighted by molar-refractivity contribution is 0.105. The molecule has 1 rings (SSSR count). The number of anilines is 1. The van der Waals surface area contributed by atoms with Gasteiger partial charge in [-0.15, -0.1) is 0 Å². The number of aliphatic hydroxyl groups is 2. The van der Waals surface area contributed by atoms with E-state index in [1.165, 1.54) is 18.0 Å². The first-order valence-electron chi connectivity index (χ1n) is 4.60. The van der Waals surface area contributed by atoms with Crippen LogP contribution in [-0.2, 0) is 0 Å². The molecule has 0 aliphatic rings. The van der Waals surface area contributed by atoms with Crippen LogP contribution in [-0.4, -0.2) is 52.0 Å². The minimum Gasteiger partial charge on any atom is -0.394 e. The molecule has 0 saturated carbocycles. The number of thioether (sulfide) groups is 1. The second kappa shape index (κ2) is 6.41. The third-order valence-electron chi connectivity index (χ3n) is 1.82. The van der Waals surface area contributed by atoms with Gasteiger partial charge in [-0.05, 0) is 6.26 Å². The van der Waals surface area contributed by atoms with Crippen LogP contribution in [0.1, 0.15) is 10.4 Å². The molecule has 7 heteroatoms. The third-order valence-corrected chi connectivity index (χ3v) is 2.38. The van der Waals surface area contributed by atoms with E-state index in [1.54, 1.807) is 0 Å². The van der Waals surface area contributed by atoms with Crippen LogP contribution in [0.4, 0.5) is 5.82 Å². The summed E-state index contributed by atoms with van der Waals surface area (Å²) in [6, 6.07) is 0. The van der Waals surface area contributed by atoms with Crippen molar-refractivity contribution in [2.24, 2.45) is 0 Å². The second-order valence-electron chi connectivity index (χ2n) is 3.00. The van der Waals surface area contributed by atoms with Crippen LogP contribution in [0.25, 0.3) is 0 Å². The molecule has 0 radical (unpaired) electrons. The van der Waals surface area contributed by atoms with Crippen LogP contribution in [0.2, 0.25) is 0 Å². The lowest BCUT2D eigenvalue weighted by Crippen LogP contribution is -2.24. The van der Waals surface area contributed by atoms with Gasteiger partial charge >= 0.3 is 0 Å². The number of nitrogens with one attached hydrogen (secondary N) is 1. The lowest BCUT2D eigenvalue weighted by atomic mass is 10.3. The first-order chi connectivity index (χ1) is 7.71. The topological polar surface area (TPSA) is 95.3 Å². The Balaban J connectivity index is 2.79. The predicted molar refractivity (Wildman–Crippen MR) is 60.8 cm³/mol. The third kappa shape index (κ3) is 3.44. The van der Waals surface area contributed by atoms with Crippen molar-refractivity contribution in [1.29, 1.82) is 0 Å². The van der Waals surface area contributed by atoms with E-state index >= 15 is 0 Å². The number of aromatic nitrogens is 2. The molecule has 0 aliphatic carbocycles. The molecule has 1 atom stereocenters. The fraction of sp³-hybridized carbons (Fsp3) is 0.444. The highest BCUT2D eigenvalue weighted by atomic mass is 32.2. The zero-order valence-electron chi connectivity index (χ0n) is 8.75. The Bertz CT molecular complexity index is 362. The Hall–Kier alpha value is -1.18. The molecule has 0 spiro atoms. The van der Waals surface area contributed by atoms with Crippen molar-refractivity contribution in [3.05, 3.63) is 11.8 Å².